The van der Waals surface area contributed by atoms with Crippen molar-refractivity contribution < 1.29 is 22.8 Å². The second-order valence-electron chi connectivity index (χ2n) is 8.81. The lowest BCUT2D eigenvalue weighted by molar-refractivity contribution is -0.198. The number of hydrogen-bond donors (Lipinski definition) is 1. The number of hydroxylamine groups is 1. The number of aromatic nitrogens is 2. The summed E-state index contributed by atoms with van der Waals surface area (Å²) < 4.78 is 32.6. The van der Waals surface area contributed by atoms with Crippen molar-refractivity contribution in [3.05, 3.63) is 78.3 Å². The summed E-state index contributed by atoms with van der Waals surface area (Å²) >= 11 is 0. The smallest absolute Gasteiger partial charge is 0.269 e. The largest absolute Gasteiger partial charge is 0.350 e. The number of carbonyl (C=O) groups excluding carboxylic acids is 1. The van der Waals surface area contributed by atoms with Crippen LogP contribution in [0.2, 0.25) is 0 Å². The zero-order valence-corrected chi connectivity index (χ0v) is 21.1. The van der Waals surface area contributed by atoms with Gasteiger partial charge in [-0.1, -0.05) is 18.2 Å². The molecule has 1 saturated heterocycles. The van der Waals surface area contributed by atoms with Gasteiger partial charge >= 0.3 is 0 Å². The molecule has 1 fully saturated rings. The number of nitrogens with zero attached hydrogens (tertiary/aromatic N) is 3. The van der Waals surface area contributed by atoms with Gasteiger partial charge in [0.05, 0.1) is 5.69 Å². The van der Waals surface area contributed by atoms with Gasteiger partial charge in [-0.05, 0) is 68.4 Å². The van der Waals surface area contributed by atoms with E-state index in [9.17, 15) is 13.2 Å². The molecular weight excluding hydrogens is 480 g/mol. The summed E-state index contributed by atoms with van der Waals surface area (Å²) in [6.45, 7) is 1.41. The Balaban J connectivity index is 1.40. The van der Waals surface area contributed by atoms with Crippen molar-refractivity contribution in [2.24, 2.45) is 0 Å². The van der Waals surface area contributed by atoms with Crippen LogP contribution in [-0.4, -0.2) is 55.2 Å². The first-order valence-electron chi connectivity index (χ1n) is 11.7. The normalized spacial score (nSPS) is 16.5. The van der Waals surface area contributed by atoms with Crippen LogP contribution < -0.4 is 5.48 Å². The van der Waals surface area contributed by atoms with Crippen LogP contribution in [0.5, 0.6) is 0 Å². The van der Waals surface area contributed by atoms with E-state index in [1.54, 1.807) is 18.2 Å². The molecule has 4 rings (SSSR count). The summed E-state index contributed by atoms with van der Waals surface area (Å²) in [5, 5.41) is 0. The van der Waals surface area contributed by atoms with Crippen molar-refractivity contribution in [2.45, 2.75) is 37.0 Å². The second kappa shape index (κ2) is 11.6. The Kier molecular flexibility index (Phi) is 8.32. The van der Waals surface area contributed by atoms with E-state index in [2.05, 4.69) is 15.4 Å². The maximum absolute atomic E-state index is 13.1. The molecule has 0 radical (unpaired) electrons. The average Bonchev–Trinajstić information content (AvgIpc) is 3.37. The number of carbonyl (C=O) groups is 1. The van der Waals surface area contributed by atoms with Crippen molar-refractivity contribution in [1.82, 2.24) is 19.3 Å². The van der Waals surface area contributed by atoms with E-state index in [1.165, 1.54) is 30.7 Å². The molecule has 3 heterocycles. The molecule has 2 aromatic heterocycles. The highest BCUT2D eigenvalue weighted by Crippen LogP contribution is 2.22. The summed E-state index contributed by atoms with van der Waals surface area (Å²) in [4.78, 5) is 23.8. The standard InChI is InChI=1S/C26H30N4O5S/c1-29(2)18-21-6-5-7-22(16-21)24-11-10-23(17-27-24)36(32,33)30-14-13-20(19-30)9-12-25(31)28-35-26-8-3-4-15-34-26/h5-7,9-14,16-17,19,26H,3-4,8,15,18H2,1-2H3,(H,28,31). The molecule has 0 saturated carbocycles. The Morgan fingerprint density at radius 2 is 2.11 bits per heavy atom. The highest BCUT2D eigenvalue weighted by molar-refractivity contribution is 7.90. The molecular formula is C26H30N4O5S. The Morgan fingerprint density at radius 3 is 2.83 bits per heavy atom. The molecule has 3 aromatic rings. The van der Waals surface area contributed by atoms with Crippen LogP contribution in [0.3, 0.4) is 0 Å². The van der Waals surface area contributed by atoms with Crippen LogP contribution in [0.15, 0.2) is 72.0 Å². The predicted molar refractivity (Wildman–Crippen MR) is 136 cm³/mol. The van der Waals surface area contributed by atoms with E-state index in [0.717, 1.165) is 40.9 Å². The molecule has 1 atom stereocenters. The van der Waals surface area contributed by atoms with Crippen LogP contribution in [0.4, 0.5) is 0 Å². The zero-order valence-electron chi connectivity index (χ0n) is 20.3. The third-order valence-electron chi connectivity index (χ3n) is 5.58. The molecule has 1 aliphatic rings. The number of benzene rings is 1. The predicted octanol–water partition coefficient (Wildman–Crippen LogP) is 3.44. The van der Waals surface area contributed by atoms with Gasteiger partial charge < -0.3 is 9.64 Å². The number of hydrogen-bond acceptors (Lipinski definition) is 7. The fraction of sp³-hybridized carbons (Fsp3) is 0.308. The first-order valence-corrected chi connectivity index (χ1v) is 13.1. The van der Waals surface area contributed by atoms with Gasteiger partial charge in [-0.3, -0.25) is 9.78 Å². The summed E-state index contributed by atoms with van der Waals surface area (Å²) in [7, 11) is 0.175. The van der Waals surface area contributed by atoms with Gasteiger partial charge in [0.1, 0.15) is 4.90 Å². The molecule has 1 aromatic carbocycles. The first-order chi connectivity index (χ1) is 17.3. The number of amides is 1. The Hall–Kier alpha value is -3.31. The van der Waals surface area contributed by atoms with Crippen LogP contribution in [-0.2, 0) is 30.9 Å². The summed E-state index contributed by atoms with van der Waals surface area (Å²) in [5.74, 6) is -0.464. The minimum atomic E-state index is -3.83. The number of rotatable bonds is 9. The molecule has 0 spiro atoms. The minimum absolute atomic E-state index is 0.0699. The van der Waals surface area contributed by atoms with Crippen molar-refractivity contribution in [3.63, 3.8) is 0 Å². The third-order valence-corrected chi connectivity index (χ3v) is 7.20. The van der Waals surface area contributed by atoms with Crippen molar-refractivity contribution in [3.8, 4) is 11.3 Å². The van der Waals surface area contributed by atoms with Gasteiger partial charge in [-0.2, -0.15) is 0 Å². The van der Waals surface area contributed by atoms with E-state index in [-0.39, 0.29) is 4.90 Å². The van der Waals surface area contributed by atoms with Crippen molar-refractivity contribution in [1.29, 1.82) is 0 Å². The van der Waals surface area contributed by atoms with Crippen LogP contribution in [0.1, 0.15) is 30.4 Å². The topological polar surface area (TPSA) is 103 Å². The van der Waals surface area contributed by atoms with Crippen LogP contribution >= 0.6 is 0 Å². The Bertz CT molecular complexity index is 1310. The maximum atomic E-state index is 13.1. The lowest BCUT2D eigenvalue weighted by Gasteiger charge is -2.21. The van der Waals surface area contributed by atoms with Gasteiger partial charge in [0.25, 0.3) is 15.9 Å². The first kappa shape index (κ1) is 25.8. The number of ether oxygens (including phenoxy) is 1. The van der Waals surface area contributed by atoms with E-state index < -0.39 is 22.2 Å². The quantitative estimate of drug-likeness (QED) is 0.347. The van der Waals surface area contributed by atoms with Gasteiger partial charge in [-0.15, -0.1) is 0 Å². The van der Waals surface area contributed by atoms with Gasteiger partial charge in [0.15, 0.2) is 6.29 Å². The molecule has 1 N–H and O–H groups in total. The molecule has 190 valence electrons. The molecule has 10 heteroatoms. The summed E-state index contributed by atoms with van der Waals surface area (Å²) in [5.41, 5.74) is 5.63. The number of pyridine rings is 1. The van der Waals surface area contributed by atoms with Crippen LogP contribution in [0.25, 0.3) is 17.3 Å². The Labute approximate surface area is 211 Å². The number of nitrogens with one attached hydrogen (secondary N) is 1. The van der Waals surface area contributed by atoms with E-state index >= 15 is 0 Å². The molecule has 1 aliphatic heterocycles. The lowest BCUT2D eigenvalue weighted by Crippen LogP contribution is -2.32. The molecule has 0 bridgehead atoms. The molecule has 9 nitrogen and oxygen atoms in total. The molecule has 1 amide bonds. The molecule has 36 heavy (non-hydrogen) atoms. The van der Waals surface area contributed by atoms with Crippen molar-refractivity contribution >= 4 is 22.0 Å². The van der Waals surface area contributed by atoms with E-state index in [0.29, 0.717) is 17.9 Å². The lowest BCUT2D eigenvalue weighted by atomic mass is 10.1. The highest BCUT2D eigenvalue weighted by atomic mass is 32.2. The van der Waals surface area contributed by atoms with E-state index in [4.69, 9.17) is 9.57 Å². The SMILES string of the molecule is CN(C)Cc1cccc(-c2ccc(S(=O)(=O)n3ccc(C=CC(=O)NOC4CCCCO4)c3)cn2)c1. The maximum Gasteiger partial charge on any atom is 0.269 e. The van der Waals surface area contributed by atoms with Gasteiger partial charge in [0.2, 0.25) is 0 Å². The second-order valence-corrected chi connectivity index (χ2v) is 10.7. The Morgan fingerprint density at radius 1 is 1.25 bits per heavy atom. The van der Waals surface area contributed by atoms with Gasteiger partial charge in [-0.25, -0.2) is 22.7 Å². The monoisotopic (exact) mass is 510 g/mol. The third kappa shape index (κ3) is 6.67. The van der Waals surface area contributed by atoms with E-state index in [1.807, 2.05) is 38.4 Å². The summed E-state index contributed by atoms with van der Waals surface area (Å²) in [6, 6.07) is 12.8. The fourth-order valence-corrected chi connectivity index (χ4v) is 4.94. The van der Waals surface area contributed by atoms with Crippen LogP contribution in [0, 0.1) is 0 Å². The summed E-state index contributed by atoms with van der Waals surface area (Å²) in [6.07, 6.45) is 9.26. The zero-order chi connectivity index (χ0) is 25.5. The highest BCUT2D eigenvalue weighted by Gasteiger charge is 2.18. The fourth-order valence-electron chi connectivity index (χ4n) is 3.79. The van der Waals surface area contributed by atoms with Gasteiger partial charge in [0, 0.05) is 49.8 Å². The molecule has 0 aliphatic carbocycles. The molecule has 1 unspecified atom stereocenters. The van der Waals surface area contributed by atoms with Crippen molar-refractivity contribution in [2.75, 3.05) is 20.7 Å². The minimum Gasteiger partial charge on any atom is -0.350 e. The average molecular weight is 511 g/mol.